The highest BCUT2D eigenvalue weighted by atomic mass is 19.1. The van der Waals surface area contributed by atoms with Gasteiger partial charge in [0.05, 0.1) is 6.61 Å². The lowest BCUT2D eigenvalue weighted by molar-refractivity contribution is 0.311. The van der Waals surface area contributed by atoms with E-state index in [9.17, 15) is 4.39 Å². The third-order valence-electron chi connectivity index (χ3n) is 2.88. The highest BCUT2D eigenvalue weighted by Crippen LogP contribution is 2.33. The van der Waals surface area contributed by atoms with Gasteiger partial charge in [-0.1, -0.05) is 12.1 Å². The molecule has 2 aromatic heterocycles. The van der Waals surface area contributed by atoms with Gasteiger partial charge < -0.3 is 15.2 Å². The van der Waals surface area contributed by atoms with Crippen LogP contribution in [0, 0.1) is 5.82 Å². The smallest absolute Gasteiger partial charge is 0.165 e. The van der Waals surface area contributed by atoms with E-state index in [1.54, 1.807) is 30.5 Å². The van der Waals surface area contributed by atoms with Gasteiger partial charge in [-0.25, -0.2) is 9.37 Å². The lowest BCUT2D eigenvalue weighted by Gasteiger charge is -2.08. The summed E-state index contributed by atoms with van der Waals surface area (Å²) in [4.78, 5) is 4.14. The van der Waals surface area contributed by atoms with Crippen molar-refractivity contribution >= 4 is 16.9 Å². The minimum absolute atomic E-state index is 0.0296. The van der Waals surface area contributed by atoms with Gasteiger partial charge in [0.1, 0.15) is 11.1 Å². The van der Waals surface area contributed by atoms with Crippen LogP contribution in [0.4, 0.5) is 10.2 Å². The first-order valence-electron chi connectivity index (χ1n) is 6.40. The molecule has 7 heteroatoms. The zero-order chi connectivity index (χ0) is 14.7. The van der Waals surface area contributed by atoms with E-state index in [4.69, 9.17) is 9.84 Å². The highest BCUT2D eigenvalue weighted by molar-refractivity contribution is 5.92. The molecule has 0 fully saturated rings. The molecule has 0 aliphatic heterocycles. The van der Waals surface area contributed by atoms with Gasteiger partial charge in [0.25, 0.3) is 0 Å². The summed E-state index contributed by atoms with van der Waals surface area (Å²) >= 11 is 0. The second-order valence-electron chi connectivity index (χ2n) is 4.29. The normalized spacial score (nSPS) is 10.8. The van der Waals surface area contributed by atoms with Crippen LogP contribution in [0.2, 0.25) is 0 Å². The average molecular weight is 288 g/mol. The molecule has 108 valence electrons. The second-order valence-corrected chi connectivity index (χ2v) is 4.29. The molecule has 3 rings (SSSR count). The van der Waals surface area contributed by atoms with Crippen molar-refractivity contribution in [3.63, 3.8) is 0 Å². The van der Waals surface area contributed by atoms with Crippen molar-refractivity contribution < 1.29 is 14.2 Å². The van der Waals surface area contributed by atoms with Gasteiger partial charge in [0.15, 0.2) is 23.0 Å². The number of para-hydroxylation sites is 1. The van der Waals surface area contributed by atoms with E-state index in [0.29, 0.717) is 29.1 Å². The Morgan fingerprint density at radius 3 is 2.90 bits per heavy atom. The van der Waals surface area contributed by atoms with Crippen molar-refractivity contribution in [1.29, 1.82) is 0 Å². The Hall–Kier alpha value is -2.67. The Balaban J connectivity index is 2.01. The lowest BCUT2D eigenvalue weighted by atomic mass is 10.3. The summed E-state index contributed by atoms with van der Waals surface area (Å²) in [6.45, 7) is 0.312. The maximum absolute atomic E-state index is 13.7. The van der Waals surface area contributed by atoms with E-state index in [1.165, 1.54) is 6.07 Å². The maximum Gasteiger partial charge on any atom is 0.165 e. The number of ether oxygens (including phenoxy) is 1. The second kappa shape index (κ2) is 5.76. The Morgan fingerprint density at radius 1 is 1.24 bits per heavy atom. The number of rotatable bonds is 5. The topological polar surface area (TPSA) is 83.1 Å². The SMILES string of the molecule is OCCNc1n[nH]c2nccc(Oc3ccccc3F)c12. The number of pyridine rings is 1. The van der Waals surface area contributed by atoms with E-state index in [0.717, 1.165) is 0 Å². The summed E-state index contributed by atoms with van der Waals surface area (Å²) < 4.78 is 19.3. The molecule has 0 bridgehead atoms. The standard InChI is InChI=1S/C14H13FN4O2/c15-9-3-1-2-4-10(9)21-11-5-6-16-13-12(11)14(19-18-13)17-7-8-20/h1-6,20H,7-8H2,(H2,16,17,18,19). The molecule has 3 N–H and O–H groups in total. The molecule has 0 saturated carbocycles. The molecule has 6 nitrogen and oxygen atoms in total. The quantitative estimate of drug-likeness (QED) is 0.671. The number of hydrogen-bond acceptors (Lipinski definition) is 5. The first kappa shape index (κ1) is 13.3. The predicted molar refractivity (Wildman–Crippen MR) is 75.9 cm³/mol. The molecule has 0 spiro atoms. The third-order valence-corrected chi connectivity index (χ3v) is 2.88. The molecule has 0 aliphatic rings. The Labute approximate surface area is 119 Å². The van der Waals surface area contributed by atoms with Crippen LogP contribution in [0.25, 0.3) is 11.0 Å². The molecular formula is C14H13FN4O2. The molecular weight excluding hydrogens is 275 g/mol. The Morgan fingerprint density at radius 2 is 2.10 bits per heavy atom. The molecule has 0 saturated heterocycles. The number of H-pyrrole nitrogens is 1. The van der Waals surface area contributed by atoms with Crippen molar-refractivity contribution in [1.82, 2.24) is 15.2 Å². The van der Waals surface area contributed by atoms with E-state index >= 15 is 0 Å². The van der Waals surface area contributed by atoms with Crippen molar-refractivity contribution in [2.75, 3.05) is 18.5 Å². The molecule has 21 heavy (non-hydrogen) atoms. The number of aliphatic hydroxyl groups is 1. The molecule has 0 radical (unpaired) electrons. The van der Waals surface area contributed by atoms with Gasteiger partial charge in [0, 0.05) is 18.8 Å². The fraction of sp³-hybridized carbons (Fsp3) is 0.143. The maximum atomic E-state index is 13.7. The zero-order valence-electron chi connectivity index (χ0n) is 11.0. The number of benzene rings is 1. The van der Waals surface area contributed by atoms with Crippen LogP contribution in [0.1, 0.15) is 0 Å². The number of nitrogens with one attached hydrogen (secondary N) is 2. The third kappa shape index (κ3) is 2.63. The van der Waals surface area contributed by atoms with Crippen LogP contribution in [-0.4, -0.2) is 33.4 Å². The van der Waals surface area contributed by atoms with Crippen molar-refractivity contribution in [2.24, 2.45) is 0 Å². The number of aliphatic hydroxyl groups excluding tert-OH is 1. The van der Waals surface area contributed by atoms with Gasteiger partial charge >= 0.3 is 0 Å². The number of halogens is 1. The number of nitrogens with zero attached hydrogens (tertiary/aromatic N) is 2. The van der Waals surface area contributed by atoms with Crippen molar-refractivity contribution in [3.8, 4) is 11.5 Å². The molecule has 1 aromatic carbocycles. The lowest BCUT2D eigenvalue weighted by Crippen LogP contribution is -2.06. The number of hydrogen-bond donors (Lipinski definition) is 3. The summed E-state index contributed by atoms with van der Waals surface area (Å²) in [5.74, 6) is 0.605. The zero-order valence-corrected chi connectivity index (χ0v) is 11.0. The summed E-state index contributed by atoms with van der Waals surface area (Å²) in [7, 11) is 0. The number of aromatic nitrogens is 3. The predicted octanol–water partition coefficient (Wildman–Crippen LogP) is 2.29. The van der Waals surface area contributed by atoms with Gasteiger partial charge in [-0.15, -0.1) is 0 Å². The minimum atomic E-state index is -0.448. The molecule has 0 amide bonds. The van der Waals surface area contributed by atoms with Crippen LogP contribution < -0.4 is 10.1 Å². The van der Waals surface area contributed by atoms with E-state index < -0.39 is 5.82 Å². The number of aromatic amines is 1. The summed E-state index contributed by atoms with van der Waals surface area (Å²) in [5.41, 5.74) is 0.518. The Kier molecular flexibility index (Phi) is 3.65. The summed E-state index contributed by atoms with van der Waals surface area (Å²) in [5, 5.41) is 19.3. The molecule has 2 heterocycles. The van der Waals surface area contributed by atoms with Crippen LogP contribution in [-0.2, 0) is 0 Å². The van der Waals surface area contributed by atoms with Crippen LogP contribution in [0.3, 0.4) is 0 Å². The van der Waals surface area contributed by atoms with E-state index in [1.807, 2.05) is 0 Å². The molecule has 0 aliphatic carbocycles. The monoisotopic (exact) mass is 288 g/mol. The van der Waals surface area contributed by atoms with Crippen LogP contribution in [0.5, 0.6) is 11.5 Å². The molecule has 3 aromatic rings. The van der Waals surface area contributed by atoms with Gasteiger partial charge in [0.2, 0.25) is 0 Å². The fourth-order valence-electron chi connectivity index (χ4n) is 1.96. The fourth-order valence-corrected chi connectivity index (χ4v) is 1.96. The molecule has 0 unspecified atom stereocenters. The molecule has 0 atom stereocenters. The summed E-state index contributed by atoms with van der Waals surface area (Å²) in [6.07, 6.45) is 1.55. The van der Waals surface area contributed by atoms with E-state index in [-0.39, 0.29) is 12.4 Å². The first-order chi connectivity index (χ1) is 10.3. The largest absolute Gasteiger partial charge is 0.453 e. The average Bonchev–Trinajstić information content (AvgIpc) is 2.92. The van der Waals surface area contributed by atoms with Crippen LogP contribution >= 0.6 is 0 Å². The van der Waals surface area contributed by atoms with Gasteiger partial charge in [-0.3, -0.25) is 5.10 Å². The number of fused-ring (bicyclic) bond motifs is 1. The van der Waals surface area contributed by atoms with Crippen molar-refractivity contribution in [3.05, 3.63) is 42.3 Å². The van der Waals surface area contributed by atoms with Crippen molar-refractivity contribution in [2.45, 2.75) is 0 Å². The minimum Gasteiger partial charge on any atom is -0.453 e. The Bertz CT molecular complexity index is 760. The summed E-state index contributed by atoms with van der Waals surface area (Å²) in [6, 6.07) is 7.79. The van der Waals surface area contributed by atoms with E-state index in [2.05, 4.69) is 20.5 Å². The van der Waals surface area contributed by atoms with Crippen LogP contribution in [0.15, 0.2) is 36.5 Å². The first-order valence-corrected chi connectivity index (χ1v) is 6.40. The van der Waals surface area contributed by atoms with Gasteiger partial charge in [-0.2, -0.15) is 5.10 Å². The highest BCUT2D eigenvalue weighted by Gasteiger charge is 2.14. The van der Waals surface area contributed by atoms with Gasteiger partial charge in [-0.05, 0) is 12.1 Å². The number of anilines is 1.